The summed E-state index contributed by atoms with van der Waals surface area (Å²) in [5.74, 6) is 1.10. The van der Waals surface area contributed by atoms with Gasteiger partial charge in [-0.1, -0.05) is 0 Å². The summed E-state index contributed by atoms with van der Waals surface area (Å²) in [6.07, 6.45) is 5.88. The van der Waals surface area contributed by atoms with Crippen molar-refractivity contribution in [3.8, 4) is 0 Å². The van der Waals surface area contributed by atoms with E-state index in [9.17, 15) is 13.2 Å². The standard InChI is InChI=1S/C18H27N3O3S.ClH/c22-18(8-3-14-9-11-19-12-10-14)21-16-4-6-17(7-5-16)25(23,24)20-13-15-1-2-15;/h4-7,14-15,19-20H,1-3,8-13H2,(H,21,22);1H. The van der Waals surface area contributed by atoms with Crippen LogP contribution < -0.4 is 15.4 Å². The number of hydrogen-bond acceptors (Lipinski definition) is 4. The maximum absolute atomic E-state index is 12.2. The molecule has 26 heavy (non-hydrogen) atoms. The Bertz CT molecular complexity index is 684. The van der Waals surface area contributed by atoms with Gasteiger partial charge in [-0.15, -0.1) is 12.4 Å². The Morgan fingerprint density at radius 3 is 2.31 bits per heavy atom. The van der Waals surface area contributed by atoms with Crippen LogP contribution in [0.3, 0.4) is 0 Å². The van der Waals surface area contributed by atoms with E-state index in [0.29, 0.717) is 30.5 Å². The minimum atomic E-state index is -3.45. The lowest BCUT2D eigenvalue weighted by molar-refractivity contribution is -0.116. The molecule has 1 saturated carbocycles. The molecule has 8 heteroatoms. The molecule has 3 rings (SSSR count). The van der Waals surface area contributed by atoms with E-state index < -0.39 is 10.0 Å². The minimum Gasteiger partial charge on any atom is -0.326 e. The Morgan fingerprint density at radius 2 is 1.69 bits per heavy atom. The average Bonchev–Trinajstić information content (AvgIpc) is 3.44. The van der Waals surface area contributed by atoms with Gasteiger partial charge < -0.3 is 10.6 Å². The molecule has 2 fully saturated rings. The van der Waals surface area contributed by atoms with E-state index in [-0.39, 0.29) is 23.2 Å². The quantitative estimate of drug-likeness (QED) is 0.624. The van der Waals surface area contributed by atoms with Gasteiger partial charge in [0.25, 0.3) is 0 Å². The summed E-state index contributed by atoms with van der Waals surface area (Å²) in [6.45, 7) is 2.59. The van der Waals surface area contributed by atoms with Crippen LogP contribution in [0.5, 0.6) is 0 Å². The highest BCUT2D eigenvalue weighted by Crippen LogP contribution is 2.28. The number of sulfonamides is 1. The summed E-state index contributed by atoms with van der Waals surface area (Å²) in [4.78, 5) is 12.3. The van der Waals surface area contributed by atoms with E-state index in [2.05, 4.69) is 15.4 Å². The van der Waals surface area contributed by atoms with Crippen molar-refractivity contribution < 1.29 is 13.2 Å². The summed E-state index contributed by atoms with van der Waals surface area (Å²) in [5.41, 5.74) is 0.636. The van der Waals surface area contributed by atoms with Crippen LogP contribution in [0.15, 0.2) is 29.2 Å². The predicted octanol–water partition coefficient (Wildman–Crippen LogP) is 2.52. The van der Waals surface area contributed by atoms with Crippen LogP contribution in [0.4, 0.5) is 5.69 Å². The van der Waals surface area contributed by atoms with E-state index in [4.69, 9.17) is 0 Å². The van der Waals surface area contributed by atoms with Gasteiger partial charge in [0.15, 0.2) is 0 Å². The van der Waals surface area contributed by atoms with Crippen molar-refractivity contribution in [1.29, 1.82) is 0 Å². The monoisotopic (exact) mass is 401 g/mol. The maximum Gasteiger partial charge on any atom is 0.240 e. The molecule has 0 radical (unpaired) electrons. The number of anilines is 1. The summed E-state index contributed by atoms with van der Waals surface area (Å²) in [7, 11) is -3.45. The smallest absolute Gasteiger partial charge is 0.240 e. The normalized spacial score (nSPS) is 18.2. The van der Waals surface area contributed by atoms with Crippen LogP contribution in [-0.2, 0) is 14.8 Å². The van der Waals surface area contributed by atoms with Gasteiger partial charge in [-0.25, -0.2) is 13.1 Å². The molecule has 1 aromatic carbocycles. The molecular formula is C18H28ClN3O3S. The van der Waals surface area contributed by atoms with Gasteiger partial charge in [-0.3, -0.25) is 4.79 Å². The van der Waals surface area contributed by atoms with E-state index in [1.165, 1.54) is 12.1 Å². The number of halogens is 1. The average molecular weight is 402 g/mol. The molecule has 0 atom stereocenters. The molecule has 1 saturated heterocycles. The summed E-state index contributed by atoms with van der Waals surface area (Å²) in [6, 6.07) is 6.37. The van der Waals surface area contributed by atoms with Crippen molar-refractivity contribution in [3.63, 3.8) is 0 Å². The molecule has 0 spiro atoms. The van der Waals surface area contributed by atoms with Crippen LogP contribution in [0, 0.1) is 11.8 Å². The van der Waals surface area contributed by atoms with Crippen molar-refractivity contribution in [2.75, 3.05) is 25.0 Å². The molecule has 146 valence electrons. The van der Waals surface area contributed by atoms with Crippen LogP contribution in [0.25, 0.3) is 0 Å². The molecule has 0 bridgehead atoms. The van der Waals surface area contributed by atoms with Crippen LogP contribution >= 0.6 is 12.4 Å². The van der Waals surface area contributed by atoms with E-state index in [0.717, 1.165) is 45.2 Å². The highest BCUT2D eigenvalue weighted by Gasteiger charge is 2.24. The first-order chi connectivity index (χ1) is 12.0. The Morgan fingerprint density at radius 1 is 1.04 bits per heavy atom. The first kappa shape index (κ1) is 21.2. The number of hydrogen-bond donors (Lipinski definition) is 3. The van der Waals surface area contributed by atoms with Gasteiger partial charge in [0.2, 0.25) is 15.9 Å². The molecule has 1 aliphatic carbocycles. The van der Waals surface area contributed by atoms with E-state index >= 15 is 0 Å². The zero-order chi connectivity index (χ0) is 17.7. The molecule has 0 unspecified atom stereocenters. The maximum atomic E-state index is 12.2. The van der Waals surface area contributed by atoms with Crippen molar-refractivity contribution in [2.24, 2.45) is 11.8 Å². The first-order valence-electron chi connectivity index (χ1n) is 9.13. The summed E-state index contributed by atoms with van der Waals surface area (Å²) < 4.78 is 27.0. The fourth-order valence-electron chi connectivity index (χ4n) is 3.08. The predicted molar refractivity (Wildman–Crippen MR) is 105 cm³/mol. The highest BCUT2D eigenvalue weighted by atomic mass is 35.5. The molecular weight excluding hydrogens is 374 g/mol. The third-order valence-electron chi connectivity index (χ3n) is 4.95. The molecule has 1 aromatic rings. The number of rotatable bonds is 8. The molecule has 1 aliphatic heterocycles. The summed E-state index contributed by atoms with van der Waals surface area (Å²) >= 11 is 0. The Balaban J connectivity index is 0.00000243. The van der Waals surface area contributed by atoms with Crippen molar-refractivity contribution in [3.05, 3.63) is 24.3 Å². The van der Waals surface area contributed by atoms with Gasteiger partial charge in [0, 0.05) is 18.7 Å². The molecule has 1 amide bonds. The Hall–Kier alpha value is -1.15. The number of nitrogens with one attached hydrogen (secondary N) is 3. The number of amides is 1. The summed E-state index contributed by atoms with van der Waals surface area (Å²) in [5, 5.41) is 6.17. The van der Waals surface area contributed by atoms with Crippen LogP contribution in [0.2, 0.25) is 0 Å². The third kappa shape index (κ3) is 6.54. The van der Waals surface area contributed by atoms with Gasteiger partial charge >= 0.3 is 0 Å². The van der Waals surface area contributed by atoms with Crippen molar-refractivity contribution in [2.45, 2.75) is 43.4 Å². The second-order valence-corrected chi connectivity index (χ2v) is 8.87. The van der Waals surface area contributed by atoms with Gasteiger partial charge in [0.1, 0.15) is 0 Å². The number of benzene rings is 1. The van der Waals surface area contributed by atoms with Crippen molar-refractivity contribution in [1.82, 2.24) is 10.0 Å². The number of carbonyl (C=O) groups is 1. The van der Waals surface area contributed by atoms with E-state index in [1.807, 2.05) is 0 Å². The SMILES string of the molecule is Cl.O=C(CCC1CCNCC1)Nc1ccc(S(=O)(=O)NCC2CC2)cc1. The van der Waals surface area contributed by atoms with Crippen molar-refractivity contribution >= 4 is 34.0 Å². The van der Waals surface area contributed by atoms with Gasteiger partial charge in [-0.2, -0.15) is 0 Å². The molecule has 2 aliphatic rings. The molecule has 0 aromatic heterocycles. The van der Waals surface area contributed by atoms with Gasteiger partial charge in [0.05, 0.1) is 4.90 Å². The Kier molecular flexibility index (Phi) is 7.88. The fraction of sp³-hybridized carbons (Fsp3) is 0.611. The lowest BCUT2D eigenvalue weighted by Crippen LogP contribution is -2.28. The van der Waals surface area contributed by atoms with Crippen LogP contribution in [0.1, 0.15) is 38.5 Å². The minimum absolute atomic E-state index is 0. The third-order valence-corrected chi connectivity index (χ3v) is 6.39. The largest absolute Gasteiger partial charge is 0.326 e. The lowest BCUT2D eigenvalue weighted by Gasteiger charge is -2.22. The molecule has 3 N–H and O–H groups in total. The zero-order valence-corrected chi connectivity index (χ0v) is 16.5. The second kappa shape index (κ2) is 9.69. The Labute approximate surface area is 162 Å². The number of carbonyl (C=O) groups excluding carboxylic acids is 1. The molecule has 1 heterocycles. The van der Waals surface area contributed by atoms with Gasteiger partial charge in [-0.05, 0) is 81.3 Å². The second-order valence-electron chi connectivity index (χ2n) is 7.10. The fourth-order valence-corrected chi connectivity index (χ4v) is 4.20. The number of piperidine rings is 1. The zero-order valence-electron chi connectivity index (χ0n) is 14.9. The first-order valence-corrected chi connectivity index (χ1v) is 10.6. The van der Waals surface area contributed by atoms with E-state index in [1.54, 1.807) is 12.1 Å². The lowest BCUT2D eigenvalue weighted by atomic mass is 9.93. The topological polar surface area (TPSA) is 87.3 Å². The molecule has 6 nitrogen and oxygen atoms in total. The highest BCUT2D eigenvalue weighted by molar-refractivity contribution is 7.89. The van der Waals surface area contributed by atoms with Crippen LogP contribution in [-0.4, -0.2) is 34.0 Å².